The molecule has 2 saturated heterocycles. The van der Waals surface area contributed by atoms with E-state index < -0.39 is 5.54 Å². The SMILES string of the molecule is NC(=O)C1(N2CCCCC2)CCN(c2ccc(Cl)nn2)CC1. The highest BCUT2D eigenvalue weighted by Crippen LogP contribution is 2.32. The van der Waals surface area contributed by atoms with E-state index in [0.29, 0.717) is 5.15 Å². The lowest BCUT2D eigenvalue weighted by molar-refractivity contribution is -0.132. The standard InChI is InChI=1S/C15H22ClN5O/c16-12-4-5-13(19-18-12)20-10-6-15(7-11-20,14(17)22)21-8-2-1-3-9-21/h4-5H,1-3,6-11H2,(H2,17,22). The molecular formula is C15H22ClN5O. The van der Waals surface area contributed by atoms with Crippen molar-refractivity contribution in [1.29, 1.82) is 0 Å². The van der Waals surface area contributed by atoms with E-state index in [4.69, 9.17) is 17.3 Å². The average Bonchev–Trinajstić information content (AvgIpc) is 2.56. The maximum Gasteiger partial charge on any atom is 0.238 e. The minimum atomic E-state index is -0.489. The number of amides is 1. The lowest BCUT2D eigenvalue weighted by Crippen LogP contribution is -2.63. The number of carbonyl (C=O) groups is 1. The van der Waals surface area contributed by atoms with Crippen LogP contribution in [0.25, 0.3) is 0 Å². The molecule has 22 heavy (non-hydrogen) atoms. The third-order valence-electron chi connectivity index (χ3n) is 4.95. The van der Waals surface area contributed by atoms with Gasteiger partial charge in [0.2, 0.25) is 5.91 Å². The van der Waals surface area contributed by atoms with Crippen LogP contribution in [0.5, 0.6) is 0 Å². The van der Waals surface area contributed by atoms with Crippen molar-refractivity contribution < 1.29 is 4.79 Å². The van der Waals surface area contributed by atoms with Gasteiger partial charge in [0.1, 0.15) is 5.54 Å². The number of primary amides is 1. The summed E-state index contributed by atoms with van der Waals surface area (Å²) < 4.78 is 0. The Morgan fingerprint density at radius 2 is 1.77 bits per heavy atom. The molecule has 120 valence electrons. The van der Waals surface area contributed by atoms with Gasteiger partial charge >= 0.3 is 0 Å². The van der Waals surface area contributed by atoms with E-state index in [9.17, 15) is 4.79 Å². The molecule has 2 aliphatic rings. The number of halogens is 1. The molecule has 2 N–H and O–H groups in total. The quantitative estimate of drug-likeness (QED) is 0.911. The lowest BCUT2D eigenvalue weighted by Gasteiger charge is -2.48. The molecule has 3 rings (SSSR count). The molecule has 0 bridgehead atoms. The number of carbonyl (C=O) groups excluding carboxylic acids is 1. The second kappa shape index (κ2) is 6.38. The van der Waals surface area contributed by atoms with Gasteiger partial charge in [-0.3, -0.25) is 9.69 Å². The number of anilines is 1. The molecule has 2 fully saturated rings. The summed E-state index contributed by atoms with van der Waals surface area (Å²) in [5.74, 6) is 0.623. The van der Waals surface area contributed by atoms with Gasteiger partial charge in [-0.05, 0) is 50.9 Å². The first-order valence-corrected chi connectivity index (χ1v) is 8.29. The molecule has 2 aliphatic heterocycles. The van der Waals surface area contributed by atoms with Gasteiger partial charge in [0.15, 0.2) is 11.0 Å². The number of aromatic nitrogens is 2. The molecule has 3 heterocycles. The minimum Gasteiger partial charge on any atom is -0.368 e. The third kappa shape index (κ3) is 2.90. The van der Waals surface area contributed by atoms with E-state index in [2.05, 4.69) is 20.0 Å². The smallest absolute Gasteiger partial charge is 0.238 e. The second-order valence-electron chi connectivity index (χ2n) is 6.14. The highest BCUT2D eigenvalue weighted by molar-refractivity contribution is 6.29. The van der Waals surface area contributed by atoms with Gasteiger partial charge < -0.3 is 10.6 Å². The van der Waals surface area contributed by atoms with E-state index in [1.807, 2.05) is 6.07 Å². The summed E-state index contributed by atoms with van der Waals surface area (Å²) in [6.07, 6.45) is 5.04. The molecule has 0 aromatic carbocycles. The van der Waals surface area contributed by atoms with Gasteiger partial charge in [-0.2, -0.15) is 0 Å². The average molecular weight is 324 g/mol. The van der Waals surface area contributed by atoms with Crippen LogP contribution < -0.4 is 10.6 Å². The summed E-state index contributed by atoms with van der Waals surface area (Å²) >= 11 is 5.78. The van der Waals surface area contributed by atoms with Gasteiger partial charge in [-0.1, -0.05) is 18.0 Å². The van der Waals surface area contributed by atoms with Crippen molar-refractivity contribution in [3.63, 3.8) is 0 Å². The van der Waals surface area contributed by atoms with Crippen LogP contribution in [0.15, 0.2) is 12.1 Å². The Balaban J connectivity index is 1.72. The van der Waals surface area contributed by atoms with Crippen molar-refractivity contribution in [2.24, 2.45) is 5.73 Å². The molecule has 0 radical (unpaired) electrons. The maximum absolute atomic E-state index is 12.2. The largest absolute Gasteiger partial charge is 0.368 e. The van der Waals surface area contributed by atoms with Crippen LogP contribution in [0.2, 0.25) is 5.15 Å². The normalized spacial score (nSPS) is 22.5. The highest BCUT2D eigenvalue weighted by Gasteiger charge is 2.45. The Morgan fingerprint density at radius 1 is 1.09 bits per heavy atom. The molecular weight excluding hydrogens is 302 g/mol. The molecule has 0 spiro atoms. The molecule has 0 aliphatic carbocycles. The van der Waals surface area contributed by atoms with Crippen molar-refractivity contribution in [2.75, 3.05) is 31.1 Å². The van der Waals surface area contributed by atoms with Crippen LogP contribution in [0.3, 0.4) is 0 Å². The zero-order valence-electron chi connectivity index (χ0n) is 12.7. The van der Waals surface area contributed by atoms with Crippen LogP contribution in [-0.4, -0.2) is 52.7 Å². The number of rotatable bonds is 3. The Bertz CT molecular complexity index is 521. The van der Waals surface area contributed by atoms with E-state index in [-0.39, 0.29) is 5.91 Å². The van der Waals surface area contributed by atoms with Crippen LogP contribution >= 0.6 is 11.6 Å². The number of nitrogens with two attached hydrogens (primary N) is 1. The predicted molar refractivity (Wildman–Crippen MR) is 85.8 cm³/mol. The number of nitrogens with zero attached hydrogens (tertiary/aromatic N) is 4. The summed E-state index contributed by atoms with van der Waals surface area (Å²) in [5.41, 5.74) is 5.30. The molecule has 6 nitrogen and oxygen atoms in total. The van der Waals surface area contributed by atoms with E-state index in [1.165, 1.54) is 6.42 Å². The van der Waals surface area contributed by atoms with Crippen molar-refractivity contribution in [3.8, 4) is 0 Å². The Labute approximate surface area is 135 Å². The minimum absolute atomic E-state index is 0.184. The third-order valence-corrected chi connectivity index (χ3v) is 5.15. The maximum atomic E-state index is 12.2. The molecule has 0 unspecified atom stereocenters. The summed E-state index contributed by atoms with van der Waals surface area (Å²) in [7, 11) is 0. The van der Waals surface area contributed by atoms with Gasteiger partial charge in [-0.25, -0.2) is 0 Å². The van der Waals surface area contributed by atoms with Crippen LogP contribution in [-0.2, 0) is 4.79 Å². The van der Waals surface area contributed by atoms with E-state index >= 15 is 0 Å². The Kier molecular flexibility index (Phi) is 4.49. The first kappa shape index (κ1) is 15.5. The molecule has 1 aromatic rings. The van der Waals surface area contributed by atoms with Crippen molar-refractivity contribution >= 4 is 23.3 Å². The Morgan fingerprint density at radius 3 is 2.32 bits per heavy atom. The Hall–Kier alpha value is -1.40. The van der Waals surface area contributed by atoms with Crippen molar-refractivity contribution in [3.05, 3.63) is 17.3 Å². The van der Waals surface area contributed by atoms with Gasteiger partial charge in [-0.15, -0.1) is 10.2 Å². The van der Waals surface area contributed by atoms with E-state index in [0.717, 1.165) is 57.7 Å². The topological polar surface area (TPSA) is 75.4 Å². The number of hydrogen-bond acceptors (Lipinski definition) is 5. The second-order valence-corrected chi connectivity index (χ2v) is 6.53. The molecule has 0 saturated carbocycles. The molecule has 7 heteroatoms. The summed E-state index contributed by atoms with van der Waals surface area (Å²) in [6.45, 7) is 3.47. The van der Waals surface area contributed by atoms with Gasteiger partial charge in [0.05, 0.1) is 0 Å². The van der Waals surface area contributed by atoms with Crippen LogP contribution in [0.4, 0.5) is 5.82 Å². The first-order chi connectivity index (χ1) is 10.6. The summed E-state index contributed by atoms with van der Waals surface area (Å²) in [4.78, 5) is 16.6. The molecule has 1 aromatic heterocycles. The summed E-state index contributed by atoms with van der Waals surface area (Å²) in [6, 6.07) is 3.61. The predicted octanol–water partition coefficient (Wildman–Crippen LogP) is 1.44. The fourth-order valence-electron chi connectivity index (χ4n) is 3.62. The van der Waals surface area contributed by atoms with Crippen LogP contribution in [0.1, 0.15) is 32.1 Å². The number of likely N-dealkylation sites (tertiary alicyclic amines) is 1. The number of piperidine rings is 2. The van der Waals surface area contributed by atoms with E-state index in [1.54, 1.807) is 6.07 Å². The molecule has 0 atom stereocenters. The zero-order valence-corrected chi connectivity index (χ0v) is 13.4. The summed E-state index contributed by atoms with van der Waals surface area (Å²) in [5, 5.41) is 8.40. The zero-order chi connectivity index (χ0) is 15.6. The monoisotopic (exact) mass is 323 g/mol. The van der Waals surface area contributed by atoms with Crippen LogP contribution in [0, 0.1) is 0 Å². The van der Waals surface area contributed by atoms with Gasteiger partial charge in [0, 0.05) is 13.1 Å². The highest BCUT2D eigenvalue weighted by atomic mass is 35.5. The first-order valence-electron chi connectivity index (χ1n) is 7.91. The van der Waals surface area contributed by atoms with Crippen molar-refractivity contribution in [2.45, 2.75) is 37.6 Å². The number of hydrogen-bond donors (Lipinski definition) is 1. The fourth-order valence-corrected chi connectivity index (χ4v) is 3.72. The van der Waals surface area contributed by atoms with Gasteiger partial charge in [0.25, 0.3) is 0 Å². The fraction of sp³-hybridized carbons (Fsp3) is 0.667. The molecule has 1 amide bonds. The lowest BCUT2D eigenvalue weighted by atomic mass is 9.83. The van der Waals surface area contributed by atoms with Crippen molar-refractivity contribution in [1.82, 2.24) is 15.1 Å².